The number of nitrogens with one attached hydrogen (secondary N) is 1. The fourth-order valence-electron chi connectivity index (χ4n) is 2.28. The highest BCUT2D eigenvalue weighted by Crippen LogP contribution is 2.33. The van der Waals surface area contributed by atoms with Gasteiger partial charge >= 0.3 is 0 Å². The molecular weight excluding hydrogens is 306 g/mol. The topological polar surface area (TPSA) is 37.4 Å². The number of rotatable bonds is 3. The lowest BCUT2D eigenvalue weighted by molar-refractivity contribution is 0.416. The zero-order chi connectivity index (χ0) is 15.7. The Kier molecular flexibility index (Phi) is 3.71. The molecule has 3 nitrogen and oxygen atoms in total. The summed E-state index contributed by atoms with van der Waals surface area (Å²) in [4.78, 5) is 7.00. The van der Waals surface area contributed by atoms with E-state index in [1.807, 2.05) is 6.07 Å². The second-order valence-corrected chi connectivity index (χ2v) is 4.81. The minimum absolute atomic E-state index is 0.518. The molecule has 0 saturated carbocycles. The smallest absolute Gasteiger partial charge is 0.160 e. The average molecular weight is 316 g/mol. The molecule has 0 atom stereocenters. The van der Waals surface area contributed by atoms with Crippen LogP contribution in [0.15, 0.2) is 41.4 Å². The number of fused-ring (bicyclic) bond motifs is 1. The van der Waals surface area contributed by atoms with Gasteiger partial charge in [0.2, 0.25) is 0 Å². The van der Waals surface area contributed by atoms with Crippen LogP contribution in [0.25, 0.3) is 22.2 Å². The molecule has 0 aliphatic heterocycles. The molecular formula is C16H10F2N2OS. The summed E-state index contributed by atoms with van der Waals surface area (Å²) in [5, 5.41) is 2.89. The first-order valence-corrected chi connectivity index (χ1v) is 6.77. The number of benzene rings is 2. The van der Waals surface area contributed by atoms with E-state index < -0.39 is 11.6 Å². The maximum Gasteiger partial charge on any atom is 0.160 e. The summed E-state index contributed by atoms with van der Waals surface area (Å²) >= 11 is 4.62. The van der Waals surface area contributed by atoms with Gasteiger partial charge in [-0.2, -0.15) is 4.99 Å². The molecule has 0 aliphatic carbocycles. The van der Waals surface area contributed by atoms with E-state index in [9.17, 15) is 8.78 Å². The highest BCUT2D eigenvalue weighted by Gasteiger charge is 2.10. The first-order chi connectivity index (χ1) is 10.6. The predicted octanol–water partition coefficient (Wildman–Crippen LogP) is 4.86. The first kappa shape index (κ1) is 14.4. The summed E-state index contributed by atoms with van der Waals surface area (Å²) in [5.74, 6) is -1.20. The van der Waals surface area contributed by atoms with E-state index in [2.05, 4.69) is 27.4 Å². The molecule has 0 amide bonds. The number of aromatic amines is 1. The fourth-order valence-corrected chi connectivity index (χ4v) is 2.37. The van der Waals surface area contributed by atoms with Crippen LogP contribution in [-0.2, 0) is 0 Å². The van der Waals surface area contributed by atoms with E-state index in [1.165, 1.54) is 7.11 Å². The quantitative estimate of drug-likeness (QED) is 0.553. The highest BCUT2D eigenvalue weighted by atomic mass is 32.1. The van der Waals surface area contributed by atoms with Gasteiger partial charge in [-0.3, -0.25) is 0 Å². The zero-order valence-electron chi connectivity index (χ0n) is 11.5. The number of ether oxygens (including phenoxy) is 1. The summed E-state index contributed by atoms with van der Waals surface area (Å²) in [5.41, 5.74) is 2.56. The number of aliphatic imine (C=N–C) groups is 1. The number of aromatic nitrogens is 1. The molecule has 1 aromatic heterocycles. The normalized spacial score (nSPS) is 10.5. The standard InChI is InChI=1S/C16H10F2N2OS/c1-21-16-3-2-9(5-15(16)19-8-22)13-6-10-4-11(17)12(18)7-14(10)20-13/h2-7,20H,1H3. The molecule has 1 heterocycles. The molecule has 2 aromatic carbocycles. The van der Waals surface area contributed by atoms with Crippen molar-refractivity contribution in [3.63, 3.8) is 0 Å². The van der Waals surface area contributed by atoms with E-state index >= 15 is 0 Å². The van der Waals surface area contributed by atoms with Crippen LogP contribution < -0.4 is 4.74 Å². The summed E-state index contributed by atoms with van der Waals surface area (Å²) in [7, 11) is 1.53. The predicted molar refractivity (Wildman–Crippen MR) is 84.9 cm³/mol. The number of H-pyrrole nitrogens is 1. The van der Waals surface area contributed by atoms with Crippen molar-refractivity contribution in [2.24, 2.45) is 4.99 Å². The maximum absolute atomic E-state index is 13.3. The number of isothiocyanates is 1. The first-order valence-electron chi connectivity index (χ1n) is 6.36. The minimum atomic E-state index is -0.887. The van der Waals surface area contributed by atoms with Crippen LogP contribution in [0, 0.1) is 11.6 Å². The van der Waals surface area contributed by atoms with Gasteiger partial charge in [0.25, 0.3) is 0 Å². The molecule has 0 fully saturated rings. The maximum atomic E-state index is 13.3. The van der Waals surface area contributed by atoms with Gasteiger partial charge < -0.3 is 9.72 Å². The number of hydrogen-bond acceptors (Lipinski definition) is 3. The van der Waals surface area contributed by atoms with Crippen LogP contribution in [-0.4, -0.2) is 17.3 Å². The molecule has 0 saturated heterocycles. The van der Waals surface area contributed by atoms with Crippen LogP contribution in [0.5, 0.6) is 5.75 Å². The number of nitrogens with zero attached hydrogens (tertiary/aromatic N) is 1. The molecule has 3 rings (SSSR count). The summed E-state index contributed by atoms with van der Waals surface area (Å²) in [6.07, 6.45) is 0. The van der Waals surface area contributed by atoms with Crippen molar-refractivity contribution < 1.29 is 13.5 Å². The molecule has 3 aromatic rings. The summed E-state index contributed by atoms with van der Waals surface area (Å²) in [6.45, 7) is 0. The summed E-state index contributed by atoms with van der Waals surface area (Å²) < 4.78 is 31.8. The second-order valence-electron chi connectivity index (χ2n) is 4.63. The van der Waals surface area contributed by atoms with Crippen LogP contribution in [0.1, 0.15) is 0 Å². The van der Waals surface area contributed by atoms with E-state index in [-0.39, 0.29) is 0 Å². The molecule has 22 heavy (non-hydrogen) atoms. The third kappa shape index (κ3) is 2.50. The molecule has 0 aliphatic rings. The van der Waals surface area contributed by atoms with E-state index in [4.69, 9.17) is 4.74 Å². The van der Waals surface area contributed by atoms with Crippen molar-refractivity contribution in [2.75, 3.05) is 7.11 Å². The molecule has 0 spiro atoms. The van der Waals surface area contributed by atoms with Gasteiger partial charge in [0.1, 0.15) is 11.4 Å². The van der Waals surface area contributed by atoms with Crippen molar-refractivity contribution in [3.05, 3.63) is 48.0 Å². The van der Waals surface area contributed by atoms with Gasteiger partial charge in [-0.15, -0.1) is 0 Å². The number of hydrogen-bond donors (Lipinski definition) is 1. The Labute approximate surface area is 130 Å². The number of thiocarbonyl (C=S) groups is 1. The number of halogens is 2. The van der Waals surface area contributed by atoms with E-state index in [1.54, 1.807) is 18.2 Å². The molecule has 110 valence electrons. The Bertz CT molecular complexity index is 875. The Balaban J connectivity index is 2.14. The summed E-state index contributed by atoms with van der Waals surface area (Å²) in [6, 6.07) is 9.35. The lowest BCUT2D eigenvalue weighted by Gasteiger charge is -2.05. The van der Waals surface area contributed by atoms with Crippen molar-refractivity contribution in [2.45, 2.75) is 0 Å². The third-order valence-corrected chi connectivity index (χ3v) is 3.41. The van der Waals surface area contributed by atoms with Crippen LogP contribution in [0.4, 0.5) is 14.5 Å². The minimum Gasteiger partial charge on any atom is -0.494 e. The van der Waals surface area contributed by atoms with Crippen molar-refractivity contribution in [1.29, 1.82) is 0 Å². The Morgan fingerprint density at radius 3 is 2.64 bits per heavy atom. The van der Waals surface area contributed by atoms with Gasteiger partial charge in [0, 0.05) is 28.2 Å². The lowest BCUT2D eigenvalue weighted by Crippen LogP contribution is -1.85. The van der Waals surface area contributed by atoms with Crippen LogP contribution >= 0.6 is 12.2 Å². The molecule has 0 radical (unpaired) electrons. The largest absolute Gasteiger partial charge is 0.494 e. The lowest BCUT2D eigenvalue weighted by atomic mass is 10.1. The molecule has 0 unspecified atom stereocenters. The zero-order valence-corrected chi connectivity index (χ0v) is 12.3. The monoisotopic (exact) mass is 316 g/mol. The fraction of sp³-hybridized carbons (Fsp3) is 0.0625. The van der Waals surface area contributed by atoms with Crippen molar-refractivity contribution in [3.8, 4) is 17.0 Å². The SMILES string of the molecule is COc1ccc(-c2cc3cc(F)c(F)cc3[nH]2)cc1N=C=S. The van der Waals surface area contributed by atoms with Crippen LogP contribution in [0.3, 0.4) is 0 Å². The van der Waals surface area contributed by atoms with Gasteiger partial charge in [0.15, 0.2) is 11.6 Å². The highest BCUT2D eigenvalue weighted by molar-refractivity contribution is 7.78. The molecule has 6 heteroatoms. The Morgan fingerprint density at radius 2 is 1.91 bits per heavy atom. The van der Waals surface area contributed by atoms with E-state index in [0.29, 0.717) is 28.0 Å². The average Bonchev–Trinajstić information content (AvgIpc) is 2.91. The van der Waals surface area contributed by atoms with Gasteiger partial charge in [-0.1, -0.05) is 0 Å². The molecule has 1 N–H and O–H groups in total. The third-order valence-electron chi connectivity index (χ3n) is 3.32. The molecule has 0 bridgehead atoms. The number of methoxy groups -OCH3 is 1. The van der Waals surface area contributed by atoms with Crippen LogP contribution in [0.2, 0.25) is 0 Å². The Morgan fingerprint density at radius 1 is 1.14 bits per heavy atom. The van der Waals surface area contributed by atoms with Gasteiger partial charge in [0.05, 0.1) is 12.3 Å². The van der Waals surface area contributed by atoms with E-state index in [0.717, 1.165) is 17.7 Å². The van der Waals surface area contributed by atoms with Gasteiger partial charge in [-0.05, 0) is 42.5 Å². The van der Waals surface area contributed by atoms with Crippen molar-refractivity contribution in [1.82, 2.24) is 4.98 Å². The van der Waals surface area contributed by atoms with Crippen molar-refractivity contribution >= 4 is 34.0 Å². The Hall–Kier alpha value is -2.56. The second kappa shape index (κ2) is 5.67. The van der Waals surface area contributed by atoms with Gasteiger partial charge in [-0.25, -0.2) is 8.78 Å².